The van der Waals surface area contributed by atoms with Crippen molar-refractivity contribution in [3.05, 3.63) is 23.8 Å². The highest BCUT2D eigenvalue weighted by Crippen LogP contribution is 2.20. The van der Waals surface area contributed by atoms with Crippen LogP contribution in [0.1, 0.15) is 119 Å². The fourth-order valence-electron chi connectivity index (χ4n) is 3.64. The molecule has 0 heterocycles. The molecule has 0 aromatic rings. The summed E-state index contributed by atoms with van der Waals surface area (Å²) in [7, 11) is 0. The number of hydrogen-bond donors (Lipinski definition) is 2. The van der Waals surface area contributed by atoms with Crippen LogP contribution in [0.2, 0.25) is 0 Å². The topological polar surface area (TPSA) is 40.5 Å². The Balaban J connectivity index is 4.37. The lowest BCUT2D eigenvalue weighted by Crippen LogP contribution is -2.22. The fraction of sp³-hybridized carbons (Fsp3) is 0.733. The van der Waals surface area contributed by atoms with Gasteiger partial charge in [-0.1, -0.05) is 75.5 Å². The van der Waals surface area contributed by atoms with Crippen LogP contribution in [0, 0.1) is 35.5 Å². The minimum absolute atomic E-state index is 0.574. The van der Waals surface area contributed by atoms with Gasteiger partial charge in [0, 0.05) is 0 Å². The number of hydrogen-bond acceptors (Lipinski definition) is 2. The summed E-state index contributed by atoms with van der Waals surface area (Å²) in [6, 6.07) is 0. The standard InChI is InChI=1S/C30H50O2/c1-25(2)15-11-17-27(5)19-13-23-29(7,31)21-9-10-22-30(8,32)24-14-20-28(6)18-12-16-26(3)4/h19,26,28,31-32H,1,11-18,20,23-24H2,2-8H3/b27-19+. The summed E-state index contributed by atoms with van der Waals surface area (Å²) in [4.78, 5) is 0. The van der Waals surface area contributed by atoms with Gasteiger partial charge in [-0.2, -0.15) is 0 Å². The van der Waals surface area contributed by atoms with Gasteiger partial charge in [0.15, 0.2) is 0 Å². The molecule has 2 nitrogen and oxygen atoms in total. The summed E-state index contributed by atoms with van der Waals surface area (Å²) in [5.41, 5.74) is 0.477. The van der Waals surface area contributed by atoms with E-state index in [9.17, 15) is 10.2 Å². The average Bonchev–Trinajstić information content (AvgIpc) is 2.64. The second-order valence-electron chi connectivity index (χ2n) is 10.8. The quantitative estimate of drug-likeness (QED) is 0.202. The smallest absolute Gasteiger partial charge is 0.124 e. The maximum absolute atomic E-state index is 10.5. The molecule has 3 unspecified atom stereocenters. The maximum atomic E-state index is 10.5. The molecule has 2 heteroatoms. The van der Waals surface area contributed by atoms with Crippen molar-refractivity contribution in [1.82, 2.24) is 0 Å². The number of rotatable bonds is 15. The Bertz CT molecular complexity index is 686. The first-order valence-electron chi connectivity index (χ1n) is 12.6. The van der Waals surface area contributed by atoms with Crippen molar-refractivity contribution in [2.24, 2.45) is 11.8 Å². The minimum Gasteiger partial charge on any atom is -0.378 e. The Morgan fingerprint density at radius 2 is 1.41 bits per heavy atom. The first-order chi connectivity index (χ1) is 14.8. The van der Waals surface area contributed by atoms with Crippen molar-refractivity contribution in [1.29, 1.82) is 0 Å². The zero-order chi connectivity index (χ0) is 24.6. The monoisotopic (exact) mass is 442 g/mol. The third-order valence-corrected chi connectivity index (χ3v) is 5.86. The van der Waals surface area contributed by atoms with E-state index in [0.717, 1.165) is 44.4 Å². The maximum Gasteiger partial charge on any atom is 0.124 e. The van der Waals surface area contributed by atoms with E-state index in [0.29, 0.717) is 18.8 Å². The zero-order valence-corrected chi connectivity index (χ0v) is 22.1. The molecule has 0 saturated heterocycles. The lowest BCUT2D eigenvalue weighted by atomic mass is 9.92. The normalized spacial score (nSPS) is 16.2. The van der Waals surface area contributed by atoms with Gasteiger partial charge < -0.3 is 10.2 Å². The van der Waals surface area contributed by atoms with Gasteiger partial charge >= 0.3 is 0 Å². The van der Waals surface area contributed by atoms with Crippen molar-refractivity contribution in [3.63, 3.8) is 0 Å². The fourth-order valence-corrected chi connectivity index (χ4v) is 3.64. The minimum atomic E-state index is -1.07. The van der Waals surface area contributed by atoms with E-state index in [-0.39, 0.29) is 0 Å². The molecule has 0 rings (SSSR count). The molecule has 3 atom stereocenters. The Hall–Kier alpha value is -1.48. The first-order valence-corrected chi connectivity index (χ1v) is 12.6. The van der Waals surface area contributed by atoms with Gasteiger partial charge in [-0.3, -0.25) is 0 Å². The van der Waals surface area contributed by atoms with E-state index >= 15 is 0 Å². The molecule has 0 aromatic heterocycles. The van der Waals surface area contributed by atoms with Crippen molar-refractivity contribution in [2.75, 3.05) is 0 Å². The molecule has 0 bridgehead atoms. The Kier molecular flexibility index (Phi) is 15.4. The van der Waals surface area contributed by atoms with Gasteiger partial charge in [0.2, 0.25) is 0 Å². The van der Waals surface area contributed by atoms with E-state index in [1.807, 2.05) is 0 Å². The lowest BCUT2D eigenvalue weighted by molar-refractivity contribution is 0.107. The molecule has 0 aromatic carbocycles. The third-order valence-electron chi connectivity index (χ3n) is 5.86. The third kappa shape index (κ3) is 19.2. The van der Waals surface area contributed by atoms with Crippen LogP contribution in [-0.4, -0.2) is 21.4 Å². The van der Waals surface area contributed by atoms with Crippen molar-refractivity contribution < 1.29 is 10.2 Å². The molecular weight excluding hydrogens is 392 g/mol. The van der Waals surface area contributed by atoms with Crippen LogP contribution in [0.4, 0.5) is 0 Å². The molecule has 0 amide bonds. The van der Waals surface area contributed by atoms with Crippen LogP contribution in [0.3, 0.4) is 0 Å². The van der Waals surface area contributed by atoms with Crippen LogP contribution in [0.25, 0.3) is 0 Å². The lowest BCUT2D eigenvalue weighted by Gasteiger charge is -2.18. The van der Waals surface area contributed by atoms with Crippen LogP contribution in [0.5, 0.6) is 0 Å². The van der Waals surface area contributed by atoms with Crippen LogP contribution < -0.4 is 0 Å². The van der Waals surface area contributed by atoms with Crippen LogP contribution >= 0.6 is 0 Å². The summed E-state index contributed by atoms with van der Waals surface area (Å²) in [5, 5.41) is 21.0. The second-order valence-corrected chi connectivity index (χ2v) is 10.8. The summed E-state index contributed by atoms with van der Waals surface area (Å²) < 4.78 is 0. The van der Waals surface area contributed by atoms with E-state index in [1.54, 1.807) is 13.8 Å². The van der Waals surface area contributed by atoms with Crippen molar-refractivity contribution in [3.8, 4) is 23.7 Å². The largest absolute Gasteiger partial charge is 0.378 e. The molecule has 32 heavy (non-hydrogen) atoms. The van der Waals surface area contributed by atoms with Gasteiger partial charge in [-0.05, 0) is 96.3 Å². The average molecular weight is 443 g/mol. The molecule has 0 aliphatic heterocycles. The van der Waals surface area contributed by atoms with Crippen LogP contribution in [0.15, 0.2) is 23.8 Å². The van der Waals surface area contributed by atoms with E-state index in [1.165, 1.54) is 30.4 Å². The molecule has 0 aliphatic rings. The molecule has 182 valence electrons. The highest BCUT2D eigenvalue weighted by molar-refractivity contribution is 5.32. The number of aliphatic hydroxyl groups is 2. The van der Waals surface area contributed by atoms with Gasteiger partial charge in [0.05, 0.1) is 0 Å². The highest BCUT2D eigenvalue weighted by atomic mass is 16.3. The van der Waals surface area contributed by atoms with E-state index in [4.69, 9.17) is 0 Å². The van der Waals surface area contributed by atoms with Crippen molar-refractivity contribution in [2.45, 2.75) is 130 Å². The van der Waals surface area contributed by atoms with Crippen LogP contribution in [-0.2, 0) is 0 Å². The SMILES string of the molecule is C=C(C)CCC/C(C)=C/CCC(C)(O)C#CC#CC(C)(O)CCCC(C)CCCC(C)C. The molecule has 0 radical (unpaired) electrons. The predicted octanol–water partition coefficient (Wildman–Crippen LogP) is 7.60. The summed E-state index contributed by atoms with van der Waals surface area (Å²) in [6.07, 6.45) is 13.4. The molecule has 0 saturated carbocycles. The second kappa shape index (κ2) is 16.2. The number of allylic oxidation sites excluding steroid dienone is 3. The van der Waals surface area contributed by atoms with Gasteiger partial charge in [-0.25, -0.2) is 0 Å². The van der Waals surface area contributed by atoms with E-state index < -0.39 is 11.2 Å². The molecular formula is C30H50O2. The summed E-state index contributed by atoms with van der Waals surface area (Å²) in [5.74, 6) is 12.7. The molecule has 0 fully saturated rings. The molecule has 0 aliphatic carbocycles. The summed E-state index contributed by atoms with van der Waals surface area (Å²) in [6.45, 7) is 18.5. The zero-order valence-electron chi connectivity index (χ0n) is 22.1. The van der Waals surface area contributed by atoms with Crippen molar-refractivity contribution >= 4 is 0 Å². The Morgan fingerprint density at radius 1 is 0.844 bits per heavy atom. The molecule has 2 N–H and O–H groups in total. The Labute approximate surface area is 200 Å². The van der Waals surface area contributed by atoms with E-state index in [2.05, 4.69) is 71.0 Å². The highest BCUT2D eigenvalue weighted by Gasteiger charge is 2.17. The van der Waals surface area contributed by atoms with Gasteiger partial charge in [0.1, 0.15) is 11.2 Å². The Morgan fingerprint density at radius 3 is 1.97 bits per heavy atom. The predicted molar refractivity (Wildman–Crippen MR) is 140 cm³/mol. The molecule has 0 spiro atoms. The first kappa shape index (κ1) is 30.5. The van der Waals surface area contributed by atoms with Gasteiger partial charge in [-0.15, -0.1) is 6.58 Å². The van der Waals surface area contributed by atoms with Gasteiger partial charge in [0.25, 0.3) is 0 Å². The summed E-state index contributed by atoms with van der Waals surface area (Å²) >= 11 is 0.